The lowest BCUT2D eigenvalue weighted by molar-refractivity contribution is 0.139. The molecule has 1 aliphatic rings. The maximum Gasteiger partial charge on any atom is 0.341 e. The van der Waals surface area contributed by atoms with Crippen LogP contribution in [0.15, 0.2) is 29.2 Å². The zero-order chi connectivity index (χ0) is 27.8. The molecule has 0 saturated carbocycles. The minimum atomic E-state index is -4.25. The third-order valence-electron chi connectivity index (χ3n) is 6.76. The predicted octanol–water partition coefficient (Wildman–Crippen LogP) is 6.25. The molecule has 0 radical (unpaired) electrons. The average molecular weight is 543 g/mol. The van der Waals surface area contributed by atoms with E-state index in [1.807, 2.05) is 39.8 Å². The van der Waals surface area contributed by atoms with E-state index in [9.17, 15) is 8.42 Å². The molecular weight excluding hydrogens is 504 g/mol. The first kappa shape index (κ1) is 28.1. The molecule has 2 heterocycles. The Balaban J connectivity index is 1.87. The summed E-state index contributed by atoms with van der Waals surface area (Å²) in [6.45, 7) is 15.0. The summed E-state index contributed by atoms with van der Waals surface area (Å²) >= 11 is 0. The van der Waals surface area contributed by atoms with Crippen molar-refractivity contribution in [1.29, 1.82) is 0 Å². The predicted molar refractivity (Wildman–Crippen MR) is 147 cm³/mol. The van der Waals surface area contributed by atoms with Crippen LogP contribution in [0.2, 0.25) is 0 Å². The maximum absolute atomic E-state index is 14.0. The fourth-order valence-corrected chi connectivity index (χ4v) is 6.23. The van der Waals surface area contributed by atoms with E-state index in [2.05, 4.69) is 23.8 Å². The number of aryl methyl sites for hydroxylation is 1. The molecule has 1 aliphatic heterocycles. The molecule has 0 bridgehead atoms. The van der Waals surface area contributed by atoms with Crippen molar-refractivity contribution in [1.82, 2.24) is 9.97 Å². The van der Waals surface area contributed by atoms with Gasteiger partial charge in [0, 0.05) is 12.5 Å². The number of methoxy groups -OCH3 is 1. The highest BCUT2D eigenvalue weighted by Gasteiger charge is 2.30. The Hall–Kier alpha value is -2.91. The van der Waals surface area contributed by atoms with E-state index >= 15 is 0 Å². The molecule has 4 rings (SSSR count). The lowest BCUT2D eigenvalue weighted by Crippen LogP contribution is -2.18. The van der Waals surface area contributed by atoms with Crippen molar-refractivity contribution >= 4 is 21.0 Å². The first-order chi connectivity index (χ1) is 17.9. The van der Waals surface area contributed by atoms with Crippen LogP contribution in [0, 0.1) is 6.92 Å². The van der Waals surface area contributed by atoms with Gasteiger partial charge in [-0.25, -0.2) is 4.98 Å². The van der Waals surface area contributed by atoms with Crippen molar-refractivity contribution < 1.29 is 26.8 Å². The Labute approximate surface area is 225 Å². The molecule has 1 fully saturated rings. The molecule has 0 unspecified atom stereocenters. The van der Waals surface area contributed by atoms with Crippen molar-refractivity contribution in [3.05, 3.63) is 46.8 Å². The van der Waals surface area contributed by atoms with Gasteiger partial charge in [0.2, 0.25) is 5.88 Å². The van der Waals surface area contributed by atoms with Crippen LogP contribution in [0.5, 0.6) is 17.4 Å². The molecule has 1 saturated heterocycles. The van der Waals surface area contributed by atoms with Gasteiger partial charge in [0.25, 0.3) is 0 Å². The first-order valence-electron chi connectivity index (χ1n) is 13.1. The van der Waals surface area contributed by atoms with E-state index in [4.69, 9.17) is 18.4 Å². The maximum atomic E-state index is 14.0. The van der Waals surface area contributed by atoms with E-state index in [1.54, 1.807) is 26.2 Å². The van der Waals surface area contributed by atoms with E-state index in [1.165, 1.54) is 0 Å². The number of fused-ring (bicyclic) bond motifs is 1. The van der Waals surface area contributed by atoms with Gasteiger partial charge in [-0.05, 0) is 47.4 Å². The van der Waals surface area contributed by atoms with Gasteiger partial charge in [0.1, 0.15) is 16.8 Å². The summed E-state index contributed by atoms with van der Waals surface area (Å²) in [5.74, 6) is 1.49. The summed E-state index contributed by atoms with van der Waals surface area (Å²) in [6, 6.07) is 7.37. The SMILES string of the molecule is COc1cc2nc(C)nc(OS(=O)(=O)c3c(C(C)C)cc(C(C)C)cc3C(C)C)c2cc1O[C@H]1CCOC1. The Morgan fingerprint density at radius 3 is 2.11 bits per heavy atom. The van der Waals surface area contributed by atoms with Crippen LogP contribution in [0.3, 0.4) is 0 Å². The molecule has 206 valence electrons. The second kappa shape index (κ2) is 11.1. The minimum Gasteiger partial charge on any atom is -0.493 e. The second-order valence-electron chi connectivity index (χ2n) is 10.7. The van der Waals surface area contributed by atoms with Crippen molar-refractivity contribution in [3.8, 4) is 17.4 Å². The first-order valence-corrected chi connectivity index (χ1v) is 14.5. The molecule has 3 aromatic rings. The summed E-state index contributed by atoms with van der Waals surface area (Å²) in [7, 11) is -2.70. The summed E-state index contributed by atoms with van der Waals surface area (Å²) in [5.41, 5.74) is 3.08. The van der Waals surface area contributed by atoms with Crippen LogP contribution in [-0.4, -0.2) is 44.8 Å². The Kier molecular flexibility index (Phi) is 8.18. The van der Waals surface area contributed by atoms with Gasteiger partial charge in [0.15, 0.2) is 11.5 Å². The van der Waals surface area contributed by atoms with Crippen molar-refractivity contribution in [3.63, 3.8) is 0 Å². The molecule has 1 atom stereocenters. The lowest BCUT2D eigenvalue weighted by Gasteiger charge is -2.22. The van der Waals surface area contributed by atoms with Gasteiger partial charge < -0.3 is 18.4 Å². The Bertz CT molecular complexity index is 1400. The molecule has 0 spiro atoms. The fourth-order valence-electron chi connectivity index (χ4n) is 4.64. The highest BCUT2D eigenvalue weighted by Crippen LogP contribution is 2.39. The smallest absolute Gasteiger partial charge is 0.341 e. The number of rotatable bonds is 9. The van der Waals surface area contributed by atoms with Crippen molar-refractivity contribution in [2.75, 3.05) is 20.3 Å². The third kappa shape index (κ3) is 5.73. The van der Waals surface area contributed by atoms with Gasteiger partial charge in [-0.15, -0.1) is 0 Å². The topological polar surface area (TPSA) is 96.8 Å². The normalized spacial score (nSPS) is 16.1. The summed E-state index contributed by atoms with van der Waals surface area (Å²) in [5, 5.41) is 0.421. The molecule has 38 heavy (non-hydrogen) atoms. The standard InChI is InChI=1S/C29H38N2O6S/c1-16(2)20-11-22(17(3)4)28(23(12-20)18(5)6)38(32,33)37-29-24-13-27(36-21-9-10-35-15-21)26(34-8)14-25(24)30-19(7)31-29/h11-14,16-18,21H,9-10,15H2,1-8H3/t21-/m0/s1. The van der Waals surface area contributed by atoms with Crippen LogP contribution in [-0.2, 0) is 14.9 Å². The number of nitrogens with zero attached hydrogens (tertiary/aromatic N) is 2. The van der Waals surface area contributed by atoms with Gasteiger partial charge in [-0.2, -0.15) is 13.4 Å². The van der Waals surface area contributed by atoms with Crippen molar-refractivity contribution in [2.45, 2.75) is 83.6 Å². The summed E-state index contributed by atoms with van der Waals surface area (Å²) in [4.78, 5) is 9.11. The molecule has 2 aromatic carbocycles. The van der Waals surface area contributed by atoms with Gasteiger partial charge in [-0.1, -0.05) is 53.7 Å². The monoisotopic (exact) mass is 542 g/mol. The number of hydrogen-bond donors (Lipinski definition) is 0. The van der Waals surface area contributed by atoms with Gasteiger partial charge in [0.05, 0.1) is 31.2 Å². The second-order valence-corrected chi connectivity index (χ2v) is 12.2. The van der Waals surface area contributed by atoms with E-state index in [-0.39, 0.29) is 34.6 Å². The molecule has 0 aliphatic carbocycles. The quantitative estimate of drug-likeness (QED) is 0.293. The van der Waals surface area contributed by atoms with Crippen LogP contribution < -0.4 is 13.7 Å². The van der Waals surface area contributed by atoms with Crippen LogP contribution >= 0.6 is 0 Å². The number of ether oxygens (including phenoxy) is 3. The van der Waals surface area contributed by atoms with E-state index in [0.29, 0.717) is 41.4 Å². The highest BCUT2D eigenvalue weighted by atomic mass is 32.2. The lowest BCUT2D eigenvalue weighted by atomic mass is 9.89. The zero-order valence-electron chi connectivity index (χ0n) is 23.5. The molecular formula is C29H38N2O6S. The third-order valence-corrected chi connectivity index (χ3v) is 8.11. The van der Waals surface area contributed by atoms with E-state index < -0.39 is 10.1 Å². The summed E-state index contributed by atoms with van der Waals surface area (Å²) in [6.07, 6.45) is 0.633. The van der Waals surface area contributed by atoms with Crippen LogP contribution in [0.25, 0.3) is 10.9 Å². The largest absolute Gasteiger partial charge is 0.493 e. The van der Waals surface area contributed by atoms with Gasteiger partial charge >= 0.3 is 10.1 Å². The average Bonchev–Trinajstić information content (AvgIpc) is 3.35. The van der Waals surface area contributed by atoms with E-state index in [0.717, 1.165) is 23.1 Å². The molecule has 9 heteroatoms. The summed E-state index contributed by atoms with van der Waals surface area (Å²) < 4.78 is 51.0. The molecule has 0 N–H and O–H groups in total. The zero-order valence-corrected chi connectivity index (χ0v) is 24.3. The molecule has 0 amide bonds. The number of hydrogen-bond acceptors (Lipinski definition) is 8. The van der Waals surface area contributed by atoms with Crippen molar-refractivity contribution in [2.24, 2.45) is 0 Å². The fraction of sp³-hybridized carbons (Fsp3) is 0.517. The minimum absolute atomic E-state index is 0.0265. The van der Waals surface area contributed by atoms with Crippen LogP contribution in [0.1, 0.15) is 88.2 Å². The highest BCUT2D eigenvalue weighted by molar-refractivity contribution is 7.87. The van der Waals surface area contributed by atoms with Gasteiger partial charge in [-0.3, -0.25) is 0 Å². The van der Waals surface area contributed by atoms with Crippen LogP contribution in [0.4, 0.5) is 0 Å². The number of benzene rings is 2. The molecule has 8 nitrogen and oxygen atoms in total. The Morgan fingerprint density at radius 1 is 0.921 bits per heavy atom. The number of aromatic nitrogens is 2. The Morgan fingerprint density at radius 2 is 1.58 bits per heavy atom. The molecule has 1 aromatic heterocycles.